The molecule has 1 aliphatic rings. The van der Waals surface area contributed by atoms with Gasteiger partial charge in [-0.05, 0) is 38.8 Å². The summed E-state index contributed by atoms with van der Waals surface area (Å²) in [6, 6.07) is 6.85. The van der Waals surface area contributed by atoms with Crippen molar-refractivity contribution >= 4 is 38.5 Å². The molecule has 5 rings (SSSR count). The number of hydrogen-bond acceptors (Lipinski definition) is 9. The highest BCUT2D eigenvalue weighted by atomic mass is 32.1. The van der Waals surface area contributed by atoms with Gasteiger partial charge in [-0.15, -0.1) is 0 Å². The molecule has 0 bridgehead atoms. The zero-order valence-electron chi connectivity index (χ0n) is 21.3. The van der Waals surface area contributed by atoms with Gasteiger partial charge in [-0.1, -0.05) is 25.2 Å². The molecule has 0 radical (unpaired) electrons. The molecule has 36 heavy (non-hydrogen) atoms. The van der Waals surface area contributed by atoms with Crippen LogP contribution in [0.4, 0.5) is 5.82 Å². The van der Waals surface area contributed by atoms with Crippen LogP contribution in [-0.2, 0) is 13.6 Å². The van der Waals surface area contributed by atoms with E-state index in [-0.39, 0.29) is 30.4 Å². The number of hydrogen-bond donors (Lipinski definition) is 0. The lowest BCUT2D eigenvalue weighted by molar-refractivity contribution is 0.0989. The number of fused-ring (bicyclic) bond motifs is 2. The fourth-order valence-electron chi connectivity index (χ4n) is 5.25. The highest BCUT2D eigenvalue weighted by Gasteiger charge is 2.37. The van der Waals surface area contributed by atoms with E-state index < -0.39 is 0 Å². The van der Waals surface area contributed by atoms with Gasteiger partial charge in [-0.2, -0.15) is 15.3 Å². The maximum atomic E-state index is 12.8. The molecule has 0 N–H and O–H groups in total. The SMILES string of the molecule is CC[C@H]1CN([C@@H](C)c2ccc3nc(C)sc3n2)[C@H](CC)CN1c1nc(=O)n(C)c2cn(CC#N)nc12. The van der Waals surface area contributed by atoms with E-state index in [1.54, 1.807) is 29.3 Å². The Morgan fingerprint density at radius 2 is 1.94 bits per heavy atom. The molecule has 0 aliphatic carbocycles. The van der Waals surface area contributed by atoms with E-state index in [9.17, 15) is 4.79 Å². The van der Waals surface area contributed by atoms with Crippen LogP contribution in [0.15, 0.2) is 23.1 Å². The van der Waals surface area contributed by atoms with Gasteiger partial charge >= 0.3 is 5.69 Å². The van der Waals surface area contributed by atoms with Crippen LogP contribution in [0.1, 0.15) is 50.4 Å². The Bertz CT molecular complexity index is 1510. The molecule has 0 saturated carbocycles. The summed E-state index contributed by atoms with van der Waals surface area (Å²) >= 11 is 1.63. The van der Waals surface area contributed by atoms with Gasteiger partial charge in [0.05, 0.1) is 28.5 Å². The third kappa shape index (κ3) is 4.14. The predicted octanol–water partition coefficient (Wildman–Crippen LogP) is 3.41. The summed E-state index contributed by atoms with van der Waals surface area (Å²) in [4.78, 5) is 32.5. The molecule has 3 atom stereocenters. The summed E-state index contributed by atoms with van der Waals surface area (Å²) in [6.07, 6.45) is 3.61. The summed E-state index contributed by atoms with van der Waals surface area (Å²) in [6.45, 7) is 10.3. The molecule has 4 aromatic rings. The molecule has 5 heterocycles. The van der Waals surface area contributed by atoms with Gasteiger partial charge in [-0.25, -0.2) is 14.8 Å². The Kier molecular flexibility index (Phi) is 6.49. The van der Waals surface area contributed by atoms with E-state index >= 15 is 0 Å². The molecule has 11 heteroatoms. The molecular formula is C25H31N9OS. The maximum absolute atomic E-state index is 12.8. The summed E-state index contributed by atoms with van der Waals surface area (Å²) < 4.78 is 3.08. The minimum atomic E-state index is -0.315. The quantitative estimate of drug-likeness (QED) is 0.392. The average molecular weight is 506 g/mol. The predicted molar refractivity (Wildman–Crippen MR) is 141 cm³/mol. The highest BCUT2D eigenvalue weighted by Crippen LogP contribution is 2.33. The zero-order valence-corrected chi connectivity index (χ0v) is 22.2. The van der Waals surface area contributed by atoms with Crippen LogP contribution in [0.25, 0.3) is 21.4 Å². The summed E-state index contributed by atoms with van der Waals surface area (Å²) in [5.41, 5.74) is 3.04. The number of anilines is 1. The molecular weight excluding hydrogens is 474 g/mol. The van der Waals surface area contributed by atoms with E-state index in [4.69, 9.17) is 10.2 Å². The lowest BCUT2D eigenvalue weighted by Gasteiger charge is -2.48. The monoisotopic (exact) mass is 505 g/mol. The molecule has 4 aromatic heterocycles. The van der Waals surface area contributed by atoms with Gasteiger partial charge < -0.3 is 4.90 Å². The fraction of sp³-hybridized carbons (Fsp3) is 0.520. The zero-order chi connectivity index (χ0) is 25.6. The lowest BCUT2D eigenvalue weighted by Crippen LogP contribution is -2.59. The Morgan fingerprint density at radius 1 is 1.17 bits per heavy atom. The van der Waals surface area contributed by atoms with Crippen LogP contribution in [0, 0.1) is 18.3 Å². The van der Waals surface area contributed by atoms with Crippen LogP contribution in [-0.4, -0.2) is 59.4 Å². The number of aryl methyl sites for hydroxylation is 2. The largest absolute Gasteiger partial charge is 0.349 e. The Labute approximate surface area is 213 Å². The van der Waals surface area contributed by atoms with Gasteiger partial charge in [0.1, 0.15) is 16.9 Å². The molecule has 0 amide bonds. The number of nitrogens with zero attached hydrogens (tertiary/aromatic N) is 9. The van der Waals surface area contributed by atoms with E-state index in [0.29, 0.717) is 16.9 Å². The van der Waals surface area contributed by atoms with Gasteiger partial charge in [0.25, 0.3) is 0 Å². The first-order valence-corrected chi connectivity index (χ1v) is 13.2. The van der Waals surface area contributed by atoms with Gasteiger partial charge in [-0.3, -0.25) is 14.1 Å². The number of pyridine rings is 1. The van der Waals surface area contributed by atoms with Crippen molar-refractivity contribution in [2.75, 3.05) is 18.0 Å². The smallest absolute Gasteiger partial charge is 0.349 e. The minimum absolute atomic E-state index is 0.124. The number of thiazole rings is 1. The van der Waals surface area contributed by atoms with Crippen LogP contribution in [0.5, 0.6) is 0 Å². The molecule has 188 valence electrons. The molecule has 1 aliphatic heterocycles. The Hall–Kier alpha value is -3.36. The number of rotatable bonds is 6. The first-order valence-electron chi connectivity index (χ1n) is 12.4. The molecule has 0 unspecified atom stereocenters. The van der Waals surface area contributed by atoms with Crippen molar-refractivity contribution in [1.82, 2.24) is 34.2 Å². The van der Waals surface area contributed by atoms with E-state index in [2.05, 4.69) is 63.8 Å². The topological polar surface area (TPSA) is 109 Å². The van der Waals surface area contributed by atoms with Crippen molar-refractivity contribution in [2.24, 2.45) is 7.05 Å². The van der Waals surface area contributed by atoms with Gasteiger partial charge in [0.15, 0.2) is 11.3 Å². The van der Waals surface area contributed by atoms with E-state index in [1.165, 1.54) is 4.57 Å². The van der Waals surface area contributed by atoms with Crippen molar-refractivity contribution in [3.8, 4) is 6.07 Å². The second-order valence-electron chi connectivity index (χ2n) is 9.44. The van der Waals surface area contributed by atoms with E-state index in [0.717, 1.165) is 47.0 Å². The number of aromatic nitrogens is 6. The highest BCUT2D eigenvalue weighted by molar-refractivity contribution is 7.18. The van der Waals surface area contributed by atoms with Gasteiger partial charge in [0, 0.05) is 38.3 Å². The fourth-order valence-corrected chi connectivity index (χ4v) is 6.05. The van der Waals surface area contributed by atoms with Crippen LogP contribution in [0.2, 0.25) is 0 Å². The minimum Gasteiger partial charge on any atom is -0.349 e. The molecule has 1 fully saturated rings. The summed E-state index contributed by atoms with van der Waals surface area (Å²) in [7, 11) is 1.69. The maximum Gasteiger partial charge on any atom is 0.349 e. The lowest BCUT2D eigenvalue weighted by atomic mass is 9.99. The standard InChI is InChI=1S/C25H31N9OS/c1-6-17-13-34(23-22-21(31(5)25(35)29-23)14-32(30-22)11-10-26)18(7-2)12-33(17)15(3)19-8-9-20-24(28-19)36-16(4)27-20/h8-9,14-15,17-18H,6-7,11-13H2,1-5H3/t15-,17+,18-/m0/s1. The van der Waals surface area contributed by atoms with Crippen molar-refractivity contribution < 1.29 is 0 Å². The van der Waals surface area contributed by atoms with Crippen molar-refractivity contribution in [1.29, 1.82) is 5.26 Å². The normalized spacial score (nSPS) is 19.7. The third-order valence-corrected chi connectivity index (χ3v) is 8.18. The van der Waals surface area contributed by atoms with Crippen LogP contribution in [0.3, 0.4) is 0 Å². The first kappa shape index (κ1) is 24.3. The summed E-state index contributed by atoms with van der Waals surface area (Å²) in [5.74, 6) is 0.613. The summed E-state index contributed by atoms with van der Waals surface area (Å²) in [5, 5.41) is 14.8. The van der Waals surface area contributed by atoms with Crippen LogP contribution >= 0.6 is 11.3 Å². The van der Waals surface area contributed by atoms with Crippen molar-refractivity contribution in [3.63, 3.8) is 0 Å². The van der Waals surface area contributed by atoms with E-state index in [1.807, 2.05) is 6.92 Å². The van der Waals surface area contributed by atoms with Crippen LogP contribution < -0.4 is 10.6 Å². The second-order valence-corrected chi connectivity index (χ2v) is 10.6. The van der Waals surface area contributed by atoms with Crippen molar-refractivity contribution in [3.05, 3.63) is 39.5 Å². The third-order valence-electron chi connectivity index (χ3n) is 7.30. The first-order chi connectivity index (χ1) is 17.3. The molecule has 0 aromatic carbocycles. The molecule has 10 nitrogen and oxygen atoms in total. The van der Waals surface area contributed by atoms with Crippen molar-refractivity contribution in [2.45, 2.75) is 65.2 Å². The Morgan fingerprint density at radius 3 is 2.67 bits per heavy atom. The average Bonchev–Trinajstić information content (AvgIpc) is 3.47. The molecule has 1 saturated heterocycles. The molecule has 0 spiro atoms. The van der Waals surface area contributed by atoms with Gasteiger partial charge in [0.2, 0.25) is 0 Å². The second kappa shape index (κ2) is 9.59. The Balaban J connectivity index is 1.50. The number of nitriles is 1. The number of piperazine rings is 1.